The number of nitrogens with zero attached hydrogens (tertiary/aromatic N) is 1. The third-order valence-electron chi connectivity index (χ3n) is 3.71. The molecule has 20 heavy (non-hydrogen) atoms. The van der Waals surface area contributed by atoms with E-state index in [2.05, 4.69) is 10.2 Å². The van der Waals surface area contributed by atoms with Crippen LogP contribution in [0.5, 0.6) is 0 Å². The zero-order valence-electron chi connectivity index (χ0n) is 12.0. The molecule has 0 spiro atoms. The number of rotatable bonds is 4. The molecule has 1 aromatic carbocycles. The molecule has 4 nitrogen and oxygen atoms in total. The van der Waals surface area contributed by atoms with E-state index < -0.39 is 5.97 Å². The van der Waals surface area contributed by atoms with Crippen LogP contribution in [0.25, 0.3) is 0 Å². The van der Waals surface area contributed by atoms with Crippen molar-refractivity contribution < 1.29 is 13.9 Å². The fourth-order valence-corrected chi connectivity index (χ4v) is 2.45. The van der Waals surface area contributed by atoms with Crippen LogP contribution in [0.3, 0.4) is 0 Å². The number of benzene rings is 1. The first-order valence-electron chi connectivity index (χ1n) is 6.92. The number of esters is 1. The lowest BCUT2D eigenvalue weighted by Crippen LogP contribution is -2.44. The number of hydrogen-bond acceptors (Lipinski definition) is 4. The SMILES string of the molecule is COC(=O)c1cc(CCN2CCNCC2)c(F)cc1C. The lowest BCUT2D eigenvalue weighted by atomic mass is 10.0. The van der Waals surface area contributed by atoms with Gasteiger partial charge >= 0.3 is 5.97 Å². The Kier molecular flexibility index (Phi) is 5.09. The van der Waals surface area contributed by atoms with Gasteiger partial charge in [0.2, 0.25) is 0 Å². The average molecular weight is 280 g/mol. The van der Waals surface area contributed by atoms with E-state index in [9.17, 15) is 9.18 Å². The van der Waals surface area contributed by atoms with Gasteiger partial charge in [0.15, 0.2) is 0 Å². The molecule has 1 N–H and O–H groups in total. The van der Waals surface area contributed by atoms with Crippen LogP contribution in [0.2, 0.25) is 0 Å². The standard InChI is InChI=1S/C15H21FN2O2/c1-11-9-14(16)12(10-13(11)15(19)20-2)3-6-18-7-4-17-5-8-18/h9-10,17H,3-8H2,1-2H3. The van der Waals surface area contributed by atoms with Crippen molar-refractivity contribution in [2.24, 2.45) is 0 Å². The van der Waals surface area contributed by atoms with E-state index in [1.54, 1.807) is 13.0 Å². The number of carbonyl (C=O) groups is 1. The zero-order chi connectivity index (χ0) is 14.5. The highest BCUT2D eigenvalue weighted by atomic mass is 19.1. The Morgan fingerprint density at radius 3 is 2.75 bits per heavy atom. The van der Waals surface area contributed by atoms with Crippen LogP contribution < -0.4 is 5.32 Å². The molecular formula is C15H21FN2O2. The summed E-state index contributed by atoms with van der Waals surface area (Å²) in [6.45, 7) is 6.44. The van der Waals surface area contributed by atoms with Crippen LogP contribution in [0, 0.1) is 12.7 Å². The summed E-state index contributed by atoms with van der Waals surface area (Å²) in [5.74, 6) is -0.656. The van der Waals surface area contributed by atoms with Crippen LogP contribution in [0.4, 0.5) is 4.39 Å². The van der Waals surface area contributed by atoms with Gasteiger partial charge < -0.3 is 15.0 Å². The summed E-state index contributed by atoms with van der Waals surface area (Å²) in [5.41, 5.74) is 1.64. The number of halogens is 1. The smallest absolute Gasteiger partial charge is 0.338 e. The molecule has 1 saturated heterocycles. The Labute approximate surface area is 118 Å². The molecular weight excluding hydrogens is 259 g/mol. The Morgan fingerprint density at radius 2 is 2.10 bits per heavy atom. The van der Waals surface area contributed by atoms with Gasteiger partial charge in [0, 0.05) is 32.7 Å². The number of piperazine rings is 1. The molecule has 0 unspecified atom stereocenters. The molecule has 1 aromatic rings. The quantitative estimate of drug-likeness (QED) is 0.846. The van der Waals surface area contributed by atoms with E-state index in [0.717, 1.165) is 32.7 Å². The van der Waals surface area contributed by atoms with Gasteiger partial charge in [0.1, 0.15) is 5.82 Å². The highest BCUT2D eigenvalue weighted by Gasteiger charge is 2.15. The molecule has 0 bridgehead atoms. The maximum absolute atomic E-state index is 14.0. The first kappa shape index (κ1) is 14.9. The molecule has 1 aliphatic rings. The van der Waals surface area contributed by atoms with Crippen LogP contribution in [-0.2, 0) is 11.2 Å². The van der Waals surface area contributed by atoms with Crippen LogP contribution >= 0.6 is 0 Å². The highest BCUT2D eigenvalue weighted by Crippen LogP contribution is 2.17. The van der Waals surface area contributed by atoms with Gasteiger partial charge in [0.05, 0.1) is 12.7 Å². The average Bonchev–Trinajstić information content (AvgIpc) is 2.46. The molecule has 0 atom stereocenters. The Balaban J connectivity index is 2.08. The number of methoxy groups -OCH3 is 1. The highest BCUT2D eigenvalue weighted by molar-refractivity contribution is 5.91. The second-order valence-electron chi connectivity index (χ2n) is 5.09. The molecule has 5 heteroatoms. The van der Waals surface area contributed by atoms with Gasteiger partial charge in [-0.3, -0.25) is 0 Å². The molecule has 0 saturated carbocycles. The van der Waals surface area contributed by atoms with Gasteiger partial charge in [-0.15, -0.1) is 0 Å². The third-order valence-corrected chi connectivity index (χ3v) is 3.71. The molecule has 0 radical (unpaired) electrons. The molecule has 0 aromatic heterocycles. The second kappa shape index (κ2) is 6.81. The lowest BCUT2D eigenvalue weighted by Gasteiger charge is -2.27. The van der Waals surface area contributed by atoms with Crippen molar-refractivity contribution in [3.63, 3.8) is 0 Å². The summed E-state index contributed by atoms with van der Waals surface area (Å²) in [6, 6.07) is 3.04. The van der Waals surface area contributed by atoms with Crippen molar-refractivity contribution in [2.45, 2.75) is 13.3 Å². The summed E-state index contributed by atoms with van der Waals surface area (Å²) >= 11 is 0. The molecule has 0 aliphatic carbocycles. The first-order valence-corrected chi connectivity index (χ1v) is 6.92. The first-order chi connectivity index (χ1) is 9.61. The topological polar surface area (TPSA) is 41.6 Å². The van der Waals surface area contributed by atoms with Crippen molar-refractivity contribution in [1.29, 1.82) is 0 Å². The maximum Gasteiger partial charge on any atom is 0.338 e. The van der Waals surface area contributed by atoms with Crippen molar-refractivity contribution in [1.82, 2.24) is 10.2 Å². The van der Waals surface area contributed by atoms with Gasteiger partial charge in [-0.2, -0.15) is 0 Å². The summed E-state index contributed by atoms with van der Waals surface area (Å²) in [7, 11) is 1.34. The minimum absolute atomic E-state index is 0.245. The van der Waals surface area contributed by atoms with Crippen LogP contribution in [0.15, 0.2) is 12.1 Å². The van der Waals surface area contributed by atoms with E-state index in [4.69, 9.17) is 4.74 Å². The molecule has 1 aliphatic heterocycles. The Bertz CT molecular complexity index is 485. The summed E-state index contributed by atoms with van der Waals surface area (Å²) in [5, 5.41) is 3.29. The second-order valence-corrected chi connectivity index (χ2v) is 5.09. The minimum Gasteiger partial charge on any atom is -0.465 e. The fourth-order valence-electron chi connectivity index (χ4n) is 2.45. The fraction of sp³-hybridized carbons (Fsp3) is 0.533. The molecule has 2 rings (SSSR count). The molecule has 1 heterocycles. The van der Waals surface area contributed by atoms with E-state index in [-0.39, 0.29) is 5.82 Å². The molecule has 110 valence electrons. The van der Waals surface area contributed by atoms with Gasteiger partial charge in [-0.05, 0) is 36.6 Å². The monoisotopic (exact) mass is 280 g/mol. The summed E-state index contributed by atoms with van der Waals surface area (Å²) in [6.07, 6.45) is 0.607. The number of aryl methyl sites for hydroxylation is 1. The minimum atomic E-state index is -0.411. The third kappa shape index (κ3) is 3.55. The predicted octanol–water partition coefficient (Wildman–Crippen LogP) is 1.37. The van der Waals surface area contributed by atoms with E-state index in [1.807, 2.05) is 0 Å². The van der Waals surface area contributed by atoms with Crippen LogP contribution in [-0.4, -0.2) is 50.7 Å². The van der Waals surface area contributed by atoms with Gasteiger partial charge in [0.25, 0.3) is 0 Å². The van der Waals surface area contributed by atoms with E-state index in [1.165, 1.54) is 13.2 Å². The van der Waals surface area contributed by atoms with Crippen molar-refractivity contribution in [3.8, 4) is 0 Å². The number of ether oxygens (including phenoxy) is 1. The predicted molar refractivity (Wildman–Crippen MR) is 75.5 cm³/mol. The molecule has 0 amide bonds. The zero-order valence-corrected chi connectivity index (χ0v) is 12.0. The number of carbonyl (C=O) groups excluding carboxylic acids is 1. The van der Waals surface area contributed by atoms with E-state index >= 15 is 0 Å². The number of hydrogen-bond donors (Lipinski definition) is 1. The Hall–Kier alpha value is -1.46. The van der Waals surface area contributed by atoms with Crippen molar-refractivity contribution in [2.75, 3.05) is 39.8 Å². The molecule has 1 fully saturated rings. The lowest BCUT2D eigenvalue weighted by molar-refractivity contribution is 0.0599. The number of nitrogens with one attached hydrogen (secondary N) is 1. The normalized spacial score (nSPS) is 16.1. The summed E-state index contributed by atoms with van der Waals surface area (Å²) < 4.78 is 18.7. The van der Waals surface area contributed by atoms with Gasteiger partial charge in [-0.1, -0.05) is 0 Å². The largest absolute Gasteiger partial charge is 0.465 e. The summed E-state index contributed by atoms with van der Waals surface area (Å²) in [4.78, 5) is 13.9. The van der Waals surface area contributed by atoms with Crippen LogP contribution in [0.1, 0.15) is 21.5 Å². The maximum atomic E-state index is 14.0. The van der Waals surface area contributed by atoms with Gasteiger partial charge in [-0.25, -0.2) is 9.18 Å². The van der Waals surface area contributed by atoms with Crippen molar-refractivity contribution >= 4 is 5.97 Å². The Morgan fingerprint density at radius 1 is 1.40 bits per heavy atom. The van der Waals surface area contributed by atoms with E-state index in [0.29, 0.717) is 23.1 Å². The van der Waals surface area contributed by atoms with Crippen molar-refractivity contribution in [3.05, 3.63) is 34.6 Å².